The molecule has 5 nitrogen and oxygen atoms in total. The molecule has 6 heteroatoms. The molecule has 0 unspecified atom stereocenters. The first kappa shape index (κ1) is 20.1. The molecule has 2 aromatic rings. The number of nitrogens with zero attached hydrogens (tertiary/aromatic N) is 1. The van der Waals surface area contributed by atoms with E-state index in [-0.39, 0.29) is 17.3 Å². The van der Waals surface area contributed by atoms with E-state index in [2.05, 4.69) is 11.6 Å². The molecule has 2 rings (SSSR count). The number of nitrogens with one attached hydrogen (secondary N) is 1. The minimum absolute atomic E-state index is 0.103. The highest BCUT2D eigenvalue weighted by atomic mass is 32.2. The average molecular weight is 375 g/mol. The van der Waals surface area contributed by atoms with E-state index in [0.717, 1.165) is 18.4 Å². The van der Waals surface area contributed by atoms with Crippen molar-refractivity contribution in [2.24, 2.45) is 0 Å². The van der Waals surface area contributed by atoms with Gasteiger partial charge in [-0.2, -0.15) is 0 Å². The molecule has 0 radical (unpaired) electrons. The molecule has 0 heterocycles. The molecule has 0 aliphatic carbocycles. The first-order chi connectivity index (χ1) is 12.5. The summed E-state index contributed by atoms with van der Waals surface area (Å²) in [6.07, 6.45) is 1.93. The van der Waals surface area contributed by atoms with Crippen molar-refractivity contribution in [1.29, 1.82) is 0 Å². The van der Waals surface area contributed by atoms with Gasteiger partial charge in [0.15, 0.2) is 0 Å². The SMILES string of the molecule is CCCCN(CC)C(=O)c1cccc(S(=O)(=O)NCc2ccccc2)c1. The Kier molecular flexibility index (Phi) is 7.36. The van der Waals surface area contributed by atoms with Gasteiger partial charge in [0.2, 0.25) is 10.0 Å². The number of hydrogen-bond acceptors (Lipinski definition) is 3. The van der Waals surface area contributed by atoms with Crippen molar-refractivity contribution in [3.63, 3.8) is 0 Å². The van der Waals surface area contributed by atoms with Crippen LogP contribution < -0.4 is 4.72 Å². The first-order valence-corrected chi connectivity index (χ1v) is 10.4. The zero-order valence-electron chi connectivity index (χ0n) is 15.3. The van der Waals surface area contributed by atoms with Crippen LogP contribution in [0.2, 0.25) is 0 Å². The second-order valence-electron chi connectivity index (χ2n) is 6.08. The topological polar surface area (TPSA) is 66.5 Å². The Morgan fingerprint density at radius 3 is 2.42 bits per heavy atom. The minimum Gasteiger partial charge on any atom is -0.339 e. The molecular weight excluding hydrogens is 348 g/mol. The molecule has 140 valence electrons. The third-order valence-electron chi connectivity index (χ3n) is 4.15. The predicted molar refractivity (Wildman–Crippen MR) is 103 cm³/mol. The summed E-state index contributed by atoms with van der Waals surface area (Å²) in [5.41, 5.74) is 1.27. The standard InChI is InChI=1S/C20H26N2O3S/c1-3-5-14-22(4-2)20(23)18-12-9-13-19(15-18)26(24,25)21-16-17-10-7-6-8-11-17/h6-13,15,21H,3-5,14,16H2,1-2H3. The van der Waals surface area contributed by atoms with Crippen LogP contribution in [0.25, 0.3) is 0 Å². The van der Waals surface area contributed by atoms with Gasteiger partial charge in [-0.1, -0.05) is 49.7 Å². The van der Waals surface area contributed by atoms with Crippen LogP contribution in [0.1, 0.15) is 42.6 Å². The minimum atomic E-state index is -3.68. The van der Waals surface area contributed by atoms with E-state index in [1.807, 2.05) is 37.3 Å². The summed E-state index contributed by atoms with van der Waals surface area (Å²) in [7, 11) is -3.68. The van der Waals surface area contributed by atoms with Gasteiger partial charge in [0.05, 0.1) is 4.90 Å². The predicted octanol–water partition coefficient (Wildman–Crippen LogP) is 3.43. The highest BCUT2D eigenvalue weighted by Crippen LogP contribution is 2.14. The van der Waals surface area contributed by atoms with Crippen molar-refractivity contribution in [3.05, 3.63) is 65.7 Å². The van der Waals surface area contributed by atoms with Crippen LogP contribution in [0.5, 0.6) is 0 Å². The summed E-state index contributed by atoms with van der Waals surface area (Å²) in [5.74, 6) is -0.138. The van der Waals surface area contributed by atoms with Gasteiger partial charge in [0.25, 0.3) is 5.91 Å². The largest absolute Gasteiger partial charge is 0.339 e. The maximum Gasteiger partial charge on any atom is 0.253 e. The fourth-order valence-electron chi connectivity index (χ4n) is 2.59. The molecule has 1 N–H and O–H groups in total. The molecule has 0 aromatic heterocycles. The molecule has 0 aliphatic heterocycles. The summed E-state index contributed by atoms with van der Waals surface area (Å²) in [6.45, 7) is 5.48. The van der Waals surface area contributed by atoms with Crippen molar-refractivity contribution >= 4 is 15.9 Å². The number of unbranched alkanes of at least 4 members (excludes halogenated alkanes) is 1. The lowest BCUT2D eigenvalue weighted by atomic mass is 10.2. The summed E-state index contributed by atoms with van der Waals surface area (Å²) >= 11 is 0. The number of benzene rings is 2. The lowest BCUT2D eigenvalue weighted by Crippen LogP contribution is -2.32. The molecule has 0 fully saturated rings. The van der Waals surface area contributed by atoms with E-state index in [1.165, 1.54) is 12.1 Å². The molecule has 0 saturated carbocycles. The monoisotopic (exact) mass is 374 g/mol. The smallest absolute Gasteiger partial charge is 0.253 e. The van der Waals surface area contributed by atoms with Crippen LogP contribution in [-0.4, -0.2) is 32.3 Å². The van der Waals surface area contributed by atoms with Gasteiger partial charge >= 0.3 is 0 Å². The zero-order valence-corrected chi connectivity index (χ0v) is 16.1. The van der Waals surface area contributed by atoms with Crippen LogP contribution in [0, 0.1) is 0 Å². The van der Waals surface area contributed by atoms with E-state index >= 15 is 0 Å². The maximum absolute atomic E-state index is 12.7. The molecule has 0 saturated heterocycles. The summed E-state index contributed by atoms with van der Waals surface area (Å²) in [6, 6.07) is 15.5. The van der Waals surface area contributed by atoms with Gasteiger partial charge in [-0.25, -0.2) is 13.1 Å². The Morgan fingerprint density at radius 1 is 1.04 bits per heavy atom. The number of sulfonamides is 1. The van der Waals surface area contributed by atoms with E-state index < -0.39 is 10.0 Å². The Bertz CT molecular complexity index is 820. The van der Waals surface area contributed by atoms with Crippen LogP contribution in [0.4, 0.5) is 0 Å². The number of carbonyl (C=O) groups is 1. The molecule has 0 atom stereocenters. The van der Waals surface area contributed by atoms with Gasteiger partial charge in [-0.05, 0) is 37.1 Å². The normalized spacial score (nSPS) is 11.3. The zero-order chi connectivity index (χ0) is 19.0. The molecule has 0 aliphatic rings. The van der Waals surface area contributed by atoms with Crippen molar-refractivity contribution < 1.29 is 13.2 Å². The number of hydrogen-bond donors (Lipinski definition) is 1. The molecule has 2 aromatic carbocycles. The van der Waals surface area contributed by atoms with Gasteiger partial charge in [-0.15, -0.1) is 0 Å². The molecule has 26 heavy (non-hydrogen) atoms. The van der Waals surface area contributed by atoms with Gasteiger partial charge in [-0.3, -0.25) is 4.79 Å². The van der Waals surface area contributed by atoms with Crippen LogP contribution in [-0.2, 0) is 16.6 Å². The maximum atomic E-state index is 12.7. The lowest BCUT2D eigenvalue weighted by molar-refractivity contribution is 0.0762. The van der Waals surface area contributed by atoms with Crippen molar-refractivity contribution in [2.45, 2.75) is 38.1 Å². The summed E-state index contributed by atoms with van der Waals surface area (Å²) in [4.78, 5) is 14.5. The van der Waals surface area contributed by atoms with Crippen molar-refractivity contribution in [1.82, 2.24) is 9.62 Å². The lowest BCUT2D eigenvalue weighted by Gasteiger charge is -2.21. The van der Waals surface area contributed by atoms with E-state index in [1.54, 1.807) is 17.0 Å². The molecular formula is C20H26N2O3S. The number of amides is 1. The first-order valence-electron chi connectivity index (χ1n) is 8.91. The van der Waals surface area contributed by atoms with Gasteiger partial charge < -0.3 is 4.90 Å². The van der Waals surface area contributed by atoms with Gasteiger partial charge in [0.1, 0.15) is 0 Å². The average Bonchev–Trinajstić information content (AvgIpc) is 2.68. The Balaban J connectivity index is 2.15. The molecule has 0 spiro atoms. The summed E-state index contributed by atoms with van der Waals surface area (Å²) < 4.78 is 27.7. The summed E-state index contributed by atoms with van der Waals surface area (Å²) in [5, 5.41) is 0. The second-order valence-corrected chi connectivity index (χ2v) is 7.84. The fraction of sp³-hybridized carbons (Fsp3) is 0.350. The van der Waals surface area contributed by atoms with E-state index in [4.69, 9.17) is 0 Å². The highest BCUT2D eigenvalue weighted by molar-refractivity contribution is 7.89. The third kappa shape index (κ3) is 5.41. The number of carbonyl (C=O) groups excluding carboxylic acids is 1. The van der Waals surface area contributed by atoms with Crippen LogP contribution in [0.3, 0.4) is 0 Å². The Labute approximate surface area is 156 Å². The fourth-order valence-corrected chi connectivity index (χ4v) is 3.65. The van der Waals surface area contributed by atoms with Gasteiger partial charge in [0, 0.05) is 25.2 Å². The van der Waals surface area contributed by atoms with Crippen molar-refractivity contribution in [3.8, 4) is 0 Å². The van der Waals surface area contributed by atoms with Crippen LogP contribution >= 0.6 is 0 Å². The molecule has 0 bridgehead atoms. The highest BCUT2D eigenvalue weighted by Gasteiger charge is 2.18. The second kappa shape index (κ2) is 9.50. The third-order valence-corrected chi connectivity index (χ3v) is 5.55. The quantitative estimate of drug-likeness (QED) is 0.731. The molecule has 1 amide bonds. The van der Waals surface area contributed by atoms with E-state index in [9.17, 15) is 13.2 Å². The Morgan fingerprint density at radius 2 is 1.77 bits per heavy atom. The van der Waals surface area contributed by atoms with Crippen LogP contribution in [0.15, 0.2) is 59.5 Å². The van der Waals surface area contributed by atoms with Crippen molar-refractivity contribution in [2.75, 3.05) is 13.1 Å². The number of rotatable bonds is 9. The van der Waals surface area contributed by atoms with E-state index in [0.29, 0.717) is 18.7 Å². The Hall–Kier alpha value is -2.18.